The van der Waals surface area contributed by atoms with Crippen LogP contribution >= 0.6 is 23.4 Å². The van der Waals surface area contributed by atoms with Gasteiger partial charge in [-0.3, -0.25) is 0 Å². The second kappa shape index (κ2) is 6.68. The zero-order chi connectivity index (χ0) is 13.7. The molecule has 3 nitrogen and oxygen atoms in total. The van der Waals surface area contributed by atoms with E-state index < -0.39 is 0 Å². The van der Waals surface area contributed by atoms with Crippen LogP contribution in [0.15, 0.2) is 41.4 Å². The number of thioether (sulfide) groups is 1. The Hall–Kier alpha value is -1.39. The third-order valence-electron chi connectivity index (χ3n) is 2.50. The molecule has 100 valence electrons. The molecule has 5 heteroatoms. The number of hydrogen-bond acceptors (Lipinski definition) is 4. The van der Waals surface area contributed by atoms with Crippen LogP contribution in [0.5, 0.6) is 11.6 Å². The van der Waals surface area contributed by atoms with Crippen molar-refractivity contribution in [3.05, 3.63) is 47.1 Å². The molecule has 2 rings (SSSR count). The minimum atomic E-state index is 0.495. The van der Waals surface area contributed by atoms with E-state index in [0.717, 1.165) is 15.7 Å². The van der Waals surface area contributed by atoms with Crippen molar-refractivity contribution in [2.24, 2.45) is 0 Å². The molecule has 0 aliphatic rings. The van der Waals surface area contributed by atoms with E-state index in [4.69, 9.17) is 21.1 Å². The van der Waals surface area contributed by atoms with Gasteiger partial charge in [-0.05, 0) is 17.7 Å². The van der Waals surface area contributed by atoms with E-state index in [1.54, 1.807) is 32.2 Å². The van der Waals surface area contributed by atoms with E-state index in [2.05, 4.69) is 4.98 Å². The highest BCUT2D eigenvalue weighted by atomic mass is 35.5. The normalized spacial score (nSPS) is 10.3. The average molecular weight is 296 g/mol. The number of nitrogens with zero attached hydrogens (tertiary/aromatic N) is 1. The quantitative estimate of drug-likeness (QED) is 0.779. The van der Waals surface area contributed by atoms with Gasteiger partial charge in [0.25, 0.3) is 5.88 Å². The molecule has 0 saturated heterocycles. The first-order chi connectivity index (χ1) is 9.22. The third kappa shape index (κ3) is 3.78. The summed E-state index contributed by atoms with van der Waals surface area (Å²) in [7, 11) is 3.18. The average Bonchev–Trinajstić information content (AvgIpc) is 2.45. The van der Waals surface area contributed by atoms with Crippen LogP contribution in [0.4, 0.5) is 0 Å². The Bertz CT molecular complexity index is 563. The van der Waals surface area contributed by atoms with Gasteiger partial charge in [-0.2, -0.15) is 0 Å². The molecule has 1 heterocycles. The van der Waals surface area contributed by atoms with Crippen LogP contribution < -0.4 is 9.47 Å². The fraction of sp³-hybridized carbons (Fsp3) is 0.214. The zero-order valence-electron chi connectivity index (χ0n) is 10.7. The zero-order valence-corrected chi connectivity index (χ0v) is 12.3. The smallest absolute Gasteiger partial charge is 0.256 e. The van der Waals surface area contributed by atoms with Crippen LogP contribution in [0.3, 0.4) is 0 Å². The second-order valence-electron chi connectivity index (χ2n) is 3.80. The van der Waals surface area contributed by atoms with Crippen LogP contribution in [0.2, 0.25) is 5.02 Å². The second-order valence-corrected chi connectivity index (χ2v) is 5.29. The van der Waals surface area contributed by atoms with Gasteiger partial charge in [0.05, 0.1) is 14.2 Å². The number of benzene rings is 1. The van der Waals surface area contributed by atoms with Gasteiger partial charge in [0, 0.05) is 27.9 Å². The van der Waals surface area contributed by atoms with Crippen molar-refractivity contribution in [2.45, 2.75) is 10.6 Å². The standard InChI is InChI=1S/C14H14ClNO2S/c1-17-13-7-12(8-16-14(13)18-2)19-9-10-4-3-5-11(15)6-10/h3-8H,9H2,1-2H3. The molecule has 0 aliphatic carbocycles. The molecule has 0 aliphatic heterocycles. The summed E-state index contributed by atoms with van der Waals surface area (Å²) in [5.41, 5.74) is 1.17. The van der Waals surface area contributed by atoms with Gasteiger partial charge in [-0.15, -0.1) is 11.8 Å². The Kier molecular flexibility index (Phi) is 4.93. The van der Waals surface area contributed by atoms with E-state index in [1.165, 1.54) is 5.56 Å². The summed E-state index contributed by atoms with van der Waals surface area (Å²) < 4.78 is 10.3. The number of pyridine rings is 1. The van der Waals surface area contributed by atoms with Crippen molar-refractivity contribution in [1.29, 1.82) is 0 Å². The van der Waals surface area contributed by atoms with Gasteiger partial charge in [0.1, 0.15) is 0 Å². The van der Waals surface area contributed by atoms with Gasteiger partial charge in [0.2, 0.25) is 0 Å². The maximum Gasteiger partial charge on any atom is 0.256 e. The van der Waals surface area contributed by atoms with E-state index in [1.807, 2.05) is 30.3 Å². The number of hydrogen-bond donors (Lipinski definition) is 0. The Morgan fingerprint density at radius 3 is 2.74 bits per heavy atom. The fourth-order valence-electron chi connectivity index (χ4n) is 1.59. The Morgan fingerprint density at radius 1 is 1.21 bits per heavy atom. The van der Waals surface area contributed by atoms with Crippen molar-refractivity contribution in [3.8, 4) is 11.6 Å². The maximum absolute atomic E-state index is 5.96. The van der Waals surface area contributed by atoms with Gasteiger partial charge >= 0.3 is 0 Å². The molecule has 0 bridgehead atoms. The summed E-state index contributed by atoms with van der Waals surface area (Å²) in [6, 6.07) is 9.75. The van der Waals surface area contributed by atoms with Gasteiger partial charge in [-0.25, -0.2) is 4.98 Å². The minimum Gasteiger partial charge on any atom is -0.491 e. The summed E-state index contributed by atoms with van der Waals surface area (Å²) in [5.74, 6) is 1.96. The first-order valence-corrected chi connectivity index (χ1v) is 7.04. The molecule has 0 radical (unpaired) electrons. The number of halogens is 1. The lowest BCUT2D eigenvalue weighted by molar-refractivity contribution is 0.341. The predicted octanol–water partition coefficient (Wildman–Crippen LogP) is 4.04. The molecule has 19 heavy (non-hydrogen) atoms. The van der Waals surface area contributed by atoms with Crippen molar-refractivity contribution < 1.29 is 9.47 Å². The Balaban J connectivity index is 2.07. The number of methoxy groups -OCH3 is 2. The highest BCUT2D eigenvalue weighted by Crippen LogP contribution is 2.31. The van der Waals surface area contributed by atoms with E-state index in [-0.39, 0.29) is 0 Å². The maximum atomic E-state index is 5.96. The highest BCUT2D eigenvalue weighted by molar-refractivity contribution is 7.98. The summed E-state index contributed by atoms with van der Waals surface area (Å²) in [4.78, 5) is 5.23. The predicted molar refractivity (Wildman–Crippen MR) is 78.4 cm³/mol. The first kappa shape index (κ1) is 14.0. The molecule has 0 atom stereocenters. The molecule has 2 aromatic rings. The molecule has 0 unspecified atom stereocenters. The van der Waals surface area contributed by atoms with E-state index in [0.29, 0.717) is 11.6 Å². The van der Waals surface area contributed by atoms with E-state index in [9.17, 15) is 0 Å². The lowest BCUT2D eigenvalue weighted by atomic mass is 10.2. The topological polar surface area (TPSA) is 31.4 Å². The molecule has 0 saturated carbocycles. The number of aromatic nitrogens is 1. The van der Waals surface area contributed by atoms with Gasteiger partial charge in [-0.1, -0.05) is 23.7 Å². The summed E-state index contributed by atoms with van der Waals surface area (Å²) in [6.07, 6.45) is 1.77. The molecule has 0 N–H and O–H groups in total. The van der Waals surface area contributed by atoms with Crippen molar-refractivity contribution in [2.75, 3.05) is 14.2 Å². The molecular weight excluding hydrogens is 282 g/mol. The van der Waals surface area contributed by atoms with Crippen molar-refractivity contribution >= 4 is 23.4 Å². The van der Waals surface area contributed by atoms with E-state index >= 15 is 0 Å². The SMILES string of the molecule is COc1cc(SCc2cccc(Cl)c2)cnc1OC. The largest absolute Gasteiger partial charge is 0.491 e. The molecule has 0 spiro atoms. The van der Waals surface area contributed by atoms with Crippen LogP contribution in [-0.2, 0) is 5.75 Å². The minimum absolute atomic E-state index is 0.495. The molecular formula is C14H14ClNO2S. The molecule has 0 fully saturated rings. The van der Waals surface area contributed by atoms with Crippen molar-refractivity contribution in [3.63, 3.8) is 0 Å². The number of ether oxygens (including phenoxy) is 2. The van der Waals surface area contributed by atoms with Crippen LogP contribution in [0.1, 0.15) is 5.56 Å². The molecule has 1 aromatic carbocycles. The Morgan fingerprint density at radius 2 is 2.05 bits per heavy atom. The van der Waals surface area contributed by atoms with Crippen LogP contribution in [0, 0.1) is 0 Å². The number of rotatable bonds is 5. The Labute approximate surface area is 121 Å². The van der Waals surface area contributed by atoms with Gasteiger partial charge in [0.15, 0.2) is 5.75 Å². The lowest BCUT2D eigenvalue weighted by Gasteiger charge is -2.08. The summed E-state index contributed by atoms with van der Waals surface area (Å²) in [5, 5.41) is 0.753. The van der Waals surface area contributed by atoms with Crippen LogP contribution in [0.25, 0.3) is 0 Å². The first-order valence-electron chi connectivity index (χ1n) is 5.68. The monoisotopic (exact) mass is 295 g/mol. The third-order valence-corrected chi connectivity index (χ3v) is 3.77. The van der Waals surface area contributed by atoms with Crippen molar-refractivity contribution in [1.82, 2.24) is 4.98 Å². The summed E-state index contributed by atoms with van der Waals surface area (Å²) in [6.45, 7) is 0. The highest BCUT2D eigenvalue weighted by Gasteiger charge is 2.06. The molecule has 0 amide bonds. The van der Waals surface area contributed by atoms with Crippen LogP contribution in [-0.4, -0.2) is 19.2 Å². The summed E-state index contributed by atoms with van der Waals surface area (Å²) >= 11 is 7.63. The van der Waals surface area contributed by atoms with Gasteiger partial charge < -0.3 is 9.47 Å². The fourth-order valence-corrected chi connectivity index (χ4v) is 2.63. The molecule has 1 aromatic heterocycles. The lowest BCUT2D eigenvalue weighted by Crippen LogP contribution is -1.93.